The predicted molar refractivity (Wildman–Crippen MR) is 324 cm³/mol. The molecule has 1 rings (SSSR count). The Morgan fingerprint density at radius 3 is 1.38 bits per heavy atom. The molecule has 0 bridgehead atoms. The van der Waals surface area contributed by atoms with Crippen LogP contribution in [0.3, 0.4) is 0 Å². The topological polar surface area (TPSA) is 175 Å². The van der Waals surface area contributed by atoms with Crippen LogP contribution < -0.4 is 5.32 Å². The number of amides is 1. The van der Waals surface area contributed by atoms with E-state index in [-0.39, 0.29) is 19.4 Å². The van der Waals surface area contributed by atoms with Crippen LogP contribution in [0, 0.1) is 0 Å². The summed E-state index contributed by atoms with van der Waals surface area (Å²) in [5.74, 6) is -1.23. The van der Waals surface area contributed by atoms with Gasteiger partial charge in [-0.15, -0.1) is 0 Å². The zero-order valence-corrected chi connectivity index (χ0v) is 49.2. The van der Waals surface area contributed by atoms with Crippen molar-refractivity contribution >= 4 is 11.9 Å². The van der Waals surface area contributed by atoms with Gasteiger partial charge in [0.15, 0.2) is 12.4 Å². The van der Waals surface area contributed by atoms with Crippen LogP contribution in [0.1, 0.15) is 239 Å². The molecule has 1 fully saturated rings. The molecule has 0 radical (unpaired) electrons. The number of esters is 1. The molecule has 1 aliphatic heterocycles. The molecule has 0 aromatic carbocycles. The van der Waals surface area contributed by atoms with E-state index in [9.17, 15) is 35.1 Å². The van der Waals surface area contributed by atoms with Gasteiger partial charge in [-0.25, -0.2) is 0 Å². The van der Waals surface area contributed by atoms with Gasteiger partial charge in [0.25, 0.3) is 0 Å². The number of hydrogen-bond acceptors (Lipinski definition) is 10. The standard InChI is InChI=1S/C67H113NO10/c1-4-7-10-13-16-19-22-24-26-27-28-29-30-31-32-33-34-35-36-39-42-45-48-51-54-60(71)66(75)68-58(59(70)53-50-47-44-41-38-21-18-15-12-9-6-3)57-76-67-65(64(74)63(73)61(56-69)77-67)78-62(72)55-52-49-46-43-40-37-25-23-20-17-14-11-8-5-2/h7-8,10-11,16-17,19-20,24-26,28-29,31-32,37,50,53,58-61,63-65,67,69-71,73-74H,4-6,9,12-15,18,21-23,27,30,33-36,38-49,51-52,54-57H2,1-3H3,(H,68,75)/b10-7-,11-8+,19-16-,20-17+,26-24-,29-28-,32-31-,37-25+,53-50+. The van der Waals surface area contributed by atoms with Crippen LogP contribution in [0.4, 0.5) is 0 Å². The number of aliphatic hydroxyl groups is 5. The molecule has 1 heterocycles. The van der Waals surface area contributed by atoms with Gasteiger partial charge in [0.2, 0.25) is 5.91 Å². The van der Waals surface area contributed by atoms with Crippen molar-refractivity contribution in [3.05, 3.63) is 109 Å². The van der Waals surface area contributed by atoms with E-state index in [1.54, 1.807) is 6.08 Å². The number of hydrogen-bond donors (Lipinski definition) is 6. The van der Waals surface area contributed by atoms with Gasteiger partial charge in [-0.05, 0) is 103 Å². The Labute approximate surface area is 475 Å². The third kappa shape index (κ3) is 41.3. The van der Waals surface area contributed by atoms with Crippen LogP contribution >= 0.6 is 0 Å². The van der Waals surface area contributed by atoms with Crippen LogP contribution in [-0.4, -0.2) is 99.6 Å². The Kier molecular flexibility index (Phi) is 50.0. The summed E-state index contributed by atoms with van der Waals surface area (Å²) in [4.78, 5) is 26.5. The fraction of sp³-hybridized carbons (Fsp3) is 0.701. The highest BCUT2D eigenvalue weighted by Crippen LogP contribution is 2.26. The molecule has 8 unspecified atom stereocenters. The molecule has 0 spiro atoms. The lowest BCUT2D eigenvalue weighted by atomic mass is 9.99. The first-order valence-electron chi connectivity index (χ1n) is 31.2. The summed E-state index contributed by atoms with van der Waals surface area (Å²) in [7, 11) is 0. The number of ether oxygens (including phenoxy) is 3. The van der Waals surface area contributed by atoms with Gasteiger partial charge in [0, 0.05) is 6.42 Å². The fourth-order valence-corrected chi connectivity index (χ4v) is 9.04. The zero-order valence-electron chi connectivity index (χ0n) is 49.2. The molecular weight excluding hydrogens is 979 g/mol. The normalized spacial score (nSPS) is 19.7. The molecule has 1 saturated heterocycles. The summed E-state index contributed by atoms with van der Waals surface area (Å²) >= 11 is 0. The second-order valence-electron chi connectivity index (χ2n) is 21.0. The van der Waals surface area contributed by atoms with E-state index < -0.39 is 67.4 Å². The first-order chi connectivity index (χ1) is 38.2. The molecule has 0 saturated carbocycles. The molecule has 0 aliphatic carbocycles. The molecule has 1 aliphatic rings. The van der Waals surface area contributed by atoms with Crippen molar-refractivity contribution in [3.8, 4) is 0 Å². The quantitative estimate of drug-likeness (QED) is 0.0195. The third-order valence-electron chi connectivity index (χ3n) is 13.9. The number of allylic oxidation sites excluding steroid dienone is 17. The van der Waals surface area contributed by atoms with Crippen LogP contribution in [0.15, 0.2) is 109 Å². The van der Waals surface area contributed by atoms with Gasteiger partial charge >= 0.3 is 5.97 Å². The number of carbonyl (C=O) groups excluding carboxylic acids is 2. The highest BCUT2D eigenvalue weighted by atomic mass is 16.7. The summed E-state index contributed by atoms with van der Waals surface area (Å²) in [6.45, 7) is 5.52. The van der Waals surface area contributed by atoms with Crippen molar-refractivity contribution in [2.75, 3.05) is 13.2 Å². The van der Waals surface area contributed by atoms with Crippen molar-refractivity contribution in [2.24, 2.45) is 0 Å². The van der Waals surface area contributed by atoms with Gasteiger partial charge in [0.05, 0.1) is 25.4 Å². The Bertz CT molecular complexity index is 1680. The van der Waals surface area contributed by atoms with Crippen LogP contribution in [-0.2, 0) is 23.8 Å². The number of unbranched alkanes of at least 4 members (excludes halogenated alkanes) is 21. The van der Waals surface area contributed by atoms with Crippen LogP contribution in [0.5, 0.6) is 0 Å². The Hall–Kier alpha value is -3.68. The van der Waals surface area contributed by atoms with Gasteiger partial charge in [-0.3, -0.25) is 9.59 Å². The smallest absolute Gasteiger partial charge is 0.306 e. The van der Waals surface area contributed by atoms with Gasteiger partial charge in [-0.1, -0.05) is 239 Å². The average molecular weight is 1090 g/mol. The summed E-state index contributed by atoms with van der Waals surface area (Å²) in [5.41, 5.74) is 0. The maximum Gasteiger partial charge on any atom is 0.306 e. The zero-order chi connectivity index (χ0) is 56.8. The summed E-state index contributed by atoms with van der Waals surface area (Å²) in [6.07, 6.45) is 62.7. The Balaban J connectivity index is 2.64. The molecule has 11 nitrogen and oxygen atoms in total. The van der Waals surface area contributed by atoms with E-state index in [1.165, 1.54) is 57.8 Å². The van der Waals surface area contributed by atoms with E-state index in [0.717, 1.165) is 135 Å². The maximum atomic E-state index is 13.4. The van der Waals surface area contributed by atoms with E-state index in [2.05, 4.69) is 123 Å². The molecule has 446 valence electrons. The largest absolute Gasteiger partial charge is 0.454 e. The first kappa shape index (κ1) is 72.3. The minimum absolute atomic E-state index is 0.0919. The lowest BCUT2D eigenvalue weighted by molar-refractivity contribution is -0.305. The van der Waals surface area contributed by atoms with Crippen molar-refractivity contribution in [1.82, 2.24) is 5.32 Å². The summed E-state index contributed by atoms with van der Waals surface area (Å²) in [5, 5.41) is 56.9. The highest BCUT2D eigenvalue weighted by Gasteiger charge is 2.47. The number of rotatable bonds is 51. The molecule has 6 N–H and O–H groups in total. The van der Waals surface area contributed by atoms with Crippen LogP contribution in [0.2, 0.25) is 0 Å². The van der Waals surface area contributed by atoms with Crippen molar-refractivity contribution in [3.63, 3.8) is 0 Å². The number of carbonyl (C=O) groups is 2. The lowest BCUT2D eigenvalue weighted by Crippen LogP contribution is -2.61. The minimum atomic E-state index is -1.63. The SMILES string of the molecule is CC/C=C\C/C=C\C/C=C\C/C=C\C/C=C\CCCCCCCCCCC(O)C(=O)NC(COC1OC(CO)C(O)C(O)C1OC(=O)CCCCCC/C=C/C/C=C/C/C=C/CC)C(O)/C=C/CCCCCCCCCCC. The first-order valence-corrected chi connectivity index (χ1v) is 31.2. The Morgan fingerprint density at radius 1 is 0.513 bits per heavy atom. The van der Waals surface area contributed by atoms with E-state index >= 15 is 0 Å². The number of nitrogens with one attached hydrogen (secondary N) is 1. The molecule has 8 atom stereocenters. The number of aliphatic hydroxyl groups excluding tert-OH is 5. The average Bonchev–Trinajstić information content (AvgIpc) is 3.44. The van der Waals surface area contributed by atoms with Gasteiger partial charge in [0.1, 0.15) is 24.4 Å². The maximum absolute atomic E-state index is 13.4. The van der Waals surface area contributed by atoms with Crippen molar-refractivity contribution in [2.45, 2.75) is 288 Å². The van der Waals surface area contributed by atoms with Crippen molar-refractivity contribution in [1.29, 1.82) is 0 Å². The molecule has 0 aromatic heterocycles. The minimum Gasteiger partial charge on any atom is -0.454 e. The third-order valence-corrected chi connectivity index (χ3v) is 13.9. The predicted octanol–water partition coefficient (Wildman–Crippen LogP) is 14.9. The highest BCUT2D eigenvalue weighted by molar-refractivity contribution is 5.80. The molecule has 1 amide bonds. The summed E-state index contributed by atoms with van der Waals surface area (Å²) in [6, 6.07) is -1.04. The molecule has 0 aromatic rings. The lowest BCUT2D eigenvalue weighted by Gasteiger charge is -2.41. The van der Waals surface area contributed by atoms with Crippen LogP contribution in [0.25, 0.3) is 0 Å². The van der Waals surface area contributed by atoms with Crippen molar-refractivity contribution < 1.29 is 49.3 Å². The molecule has 78 heavy (non-hydrogen) atoms. The van der Waals surface area contributed by atoms with E-state index in [4.69, 9.17) is 14.2 Å². The molecular formula is C67H113NO10. The van der Waals surface area contributed by atoms with Gasteiger partial charge < -0.3 is 45.1 Å². The van der Waals surface area contributed by atoms with Gasteiger partial charge in [-0.2, -0.15) is 0 Å². The van der Waals surface area contributed by atoms with E-state index in [0.29, 0.717) is 12.8 Å². The Morgan fingerprint density at radius 2 is 0.923 bits per heavy atom. The second-order valence-corrected chi connectivity index (χ2v) is 21.0. The summed E-state index contributed by atoms with van der Waals surface area (Å²) < 4.78 is 17.6. The monoisotopic (exact) mass is 1090 g/mol. The second kappa shape index (κ2) is 53.9. The molecule has 11 heteroatoms. The fourth-order valence-electron chi connectivity index (χ4n) is 9.04. The van der Waals surface area contributed by atoms with E-state index in [1.807, 2.05) is 6.08 Å².